The third-order valence-electron chi connectivity index (χ3n) is 1.82. The molecule has 0 atom stereocenters. The van der Waals surface area contributed by atoms with E-state index in [-0.39, 0.29) is 17.1 Å². The van der Waals surface area contributed by atoms with Gasteiger partial charge in [-0.1, -0.05) is 0 Å². The molecule has 0 aromatic heterocycles. The van der Waals surface area contributed by atoms with Gasteiger partial charge in [0.2, 0.25) is 0 Å². The zero-order chi connectivity index (χ0) is 7.23. The second-order valence-corrected chi connectivity index (χ2v) is 2.80. The number of nitrogens with zero attached hydrogens (tertiary/aromatic N) is 1. The Hall–Kier alpha value is 0.399. The molecular weight excluding hydrogens is 190 g/mol. The topological polar surface area (TPSA) is 27.3 Å². The van der Waals surface area contributed by atoms with Crippen LogP contribution in [0.1, 0.15) is 0 Å². The first-order chi connectivity index (χ1) is 4.89. The summed E-state index contributed by atoms with van der Waals surface area (Å²) in [7, 11) is 2.16. The molecule has 3 nitrogen and oxygen atoms in total. The Morgan fingerprint density at radius 2 is 1.36 bits per heavy atom. The van der Waals surface area contributed by atoms with Gasteiger partial charge in [-0.3, -0.25) is 0 Å². The van der Waals surface area contributed by atoms with Crippen LogP contribution in [0.5, 0.6) is 0 Å². The van der Waals surface area contributed by atoms with Gasteiger partial charge in [-0.05, 0) is 7.05 Å². The van der Waals surface area contributed by atoms with E-state index in [9.17, 15) is 0 Å². The van der Waals surface area contributed by atoms with Gasteiger partial charge in [0.25, 0.3) is 0 Å². The van der Waals surface area contributed by atoms with Crippen molar-refractivity contribution >= 4 is 0 Å². The third kappa shape index (κ3) is 5.65. The number of hydrogen-bond acceptors (Lipinski definition) is 3. The van der Waals surface area contributed by atoms with E-state index in [0.29, 0.717) is 0 Å². The summed E-state index contributed by atoms with van der Waals surface area (Å²) < 4.78 is 0. The van der Waals surface area contributed by atoms with E-state index in [1.54, 1.807) is 0 Å². The molecule has 71 valence electrons. The van der Waals surface area contributed by atoms with Crippen molar-refractivity contribution in [3.8, 4) is 0 Å². The summed E-state index contributed by atoms with van der Waals surface area (Å²) in [5.41, 5.74) is 0. The van der Waals surface area contributed by atoms with Crippen LogP contribution in [0.15, 0.2) is 0 Å². The predicted molar refractivity (Wildman–Crippen MR) is 43.2 cm³/mol. The van der Waals surface area contributed by atoms with Crippen LogP contribution < -0.4 is 10.6 Å². The largest absolute Gasteiger partial charge is 0.314 e. The van der Waals surface area contributed by atoms with Gasteiger partial charge in [-0.25, -0.2) is 0 Å². The van der Waals surface area contributed by atoms with Crippen LogP contribution in [0.4, 0.5) is 0 Å². The molecule has 4 heteroatoms. The monoisotopic (exact) mass is 207 g/mol. The first-order valence-corrected chi connectivity index (χ1v) is 3.99. The Kier molecular flexibility index (Phi) is 7.33. The summed E-state index contributed by atoms with van der Waals surface area (Å²) in [6, 6.07) is 0. The fourth-order valence-corrected chi connectivity index (χ4v) is 1.08. The van der Waals surface area contributed by atoms with Crippen molar-refractivity contribution in [1.29, 1.82) is 0 Å². The van der Waals surface area contributed by atoms with E-state index in [4.69, 9.17) is 0 Å². The van der Waals surface area contributed by atoms with Gasteiger partial charge in [0.1, 0.15) is 0 Å². The van der Waals surface area contributed by atoms with Gasteiger partial charge < -0.3 is 15.5 Å². The zero-order valence-electron chi connectivity index (χ0n) is 6.99. The molecule has 1 rings (SSSR count). The van der Waals surface area contributed by atoms with Gasteiger partial charge in [0.15, 0.2) is 0 Å². The van der Waals surface area contributed by atoms with Crippen molar-refractivity contribution in [2.75, 3.05) is 46.3 Å². The zero-order valence-corrected chi connectivity index (χ0v) is 7.93. The van der Waals surface area contributed by atoms with Crippen molar-refractivity contribution in [3.63, 3.8) is 0 Å². The van der Waals surface area contributed by atoms with Crippen molar-refractivity contribution < 1.29 is 17.1 Å². The minimum absolute atomic E-state index is 0. The summed E-state index contributed by atoms with van der Waals surface area (Å²) in [5, 5.41) is 6.71. The maximum atomic E-state index is 3.35. The van der Waals surface area contributed by atoms with E-state index in [1.807, 2.05) is 0 Å². The van der Waals surface area contributed by atoms with E-state index in [1.165, 1.54) is 13.1 Å². The summed E-state index contributed by atoms with van der Waals surface area (Å²) in [6.07, 6.45) is 0. The molecule has 1 aliphatic heterocycles. The van der Waals surface area contributed by atoms with E-state index in [2.05, 4.69) is 22.6 Å². The molecule has 0 saturated carbocycles. The van der Waals surface area contributed by atoms with Crippen LogP contribution in [-0.4, -0.2) is 51.2 Å². The Bertz CT molecular complexity index is 79.8. The average Bonchev–Trinajstić information content (AvgIpc) is 2.02. The molecule has 0 unspecified atom stereocenters. The number of rotatable bonds is 0. The number of likely N-dealkylation sites (N-methyl/N-ethyl adjacent to an activating group) is 1. The molecule has 0 aromatic rings. The average molecular weight is 207 g/mol. The van der Waals surface area contributed by atoms with Crippen molar-refractivity contribution in [2.24, 2.45) is 0 Å². The van der Waals surface area contributed by atoms with Gasteiger partial charge in [-0.15, -0.1) is 0 Å². The van der Waals surface area contributed by atoms with Crippen LogP contribution in [0.25, 0.3) is 0 Å². The Labute approximate surface area is 79.4 Å². The standard InChI is InChI=1S/C7H17N3.Cu/c1-10-6-4-8-2-3-9-5-7-10;/h8-9H,2-7H2,1H3;/i;1+0. The fraction of sp³-hybridized carbons (Fsp3) is 1.00. The van der Waals surface area contributed by atoms with Crippen molar-refractivity contribution in [2.45, 2.75) is 0 Å². The van der Waals surface area contributed by atoms with E-state index in [0.717, 1.165) is 26.2 Å². The van der Waals surface area contributed by atoms with Gasteiger partial charge >= 0.3 is 0 Å². The molecule has 2 N–H and O–H groups in total. The maximum absolute atomic E-state index is 3.35. The van der Waals surface area contributed by atoms with Crippen LogP contribution >= 0.6 is 0 Å². The smallest absolute Gasteiger partial charge is 0.0104 e. The Morgan fingerprint density at radius 1 is 0.909 bits per heavy atom. The van der Waals surface area contributed by atoms with Crippen molar-refractivity contribution in [3.05, 3.63) is 0 Å². The molecular formula is C7H17CuN3. The summed E-state index contributed by atoms with van der Waals surface area (Å²) in [6.45, 7) is 6.79. The fourth-order valence-electron chi connectivity index (χ4n) is 1.08. The molecule has 0 aliphatic carbocycles. The molecule has 1 fully saturated rings. The molecule has 1 aliphatic rings. The summed E-state index contributed by atoms with van der Waals surface area (Å²) in [5.74, 6) is 0. The van der Waals surface area contributed by atoms with Gasteiger partial charge in [0.05, 0.1) is 0 Å². The minimum atomic E-state index is 0. The minimum Gasteiger partial charge on any atom is -0.314 e. The quantitative estimate of drug-likeness (QED) is 0.504. The van der Waals surface area contributed by atoms with E-state index >= 15 is 0 Å². The molecule has 1 radical (unpaired) electrons. The Balaban J connectivity index is 0.000001000. The SMILES string of the molecule is CN1CCNCCNCC1.[64Cu]. The number of nitrogens with one attached hydrogen (secondary N) is 2. The molecule has 1 saturated heterocycles. The Morgan fingerprint density at radius 3 is 1.82 bits per heavy atom. The predicted octanol–water partition coefficient (Wildman–Crippen LogP) is -0.891. The molecule has 0 amide bonds. The van der Waals surface area contributed by atoms with E-state index < -0.39 is 0 Å². The molecule has 0 spiro atoms. The van der Waals surface area contributed by atoms with Crippen molar-refractivity contribution in [1.82, 2.24) is 15.5 Å². The molecule has 0 bridgehead atoms. The molecule has 1 heterocycles. The molecule has 0 aromatic carbocycles. The maximum Gasteiger partial charge on any atom is 0.0104 e. The van der Waals surface area contributed by atoms with Crippen LogP contribution in [-0.2, 0) is 17.1 Å². The van der Waals surface area contributed by atoms with Crippen LogP contribution in [0, 0.1) is 0 Å². The van der Waals surface area contributed by atoms with Crippen LogP contribution in [0.2, 0.25) is 0 Å². The van der Waals surface area contributed by atoms with Crippen LogP contribution in [0.3, 0.4) is 0 Å². The second kappa shape index (κ2) is 7.07. The van der Waals surface area contributed by atoms with Gasteiger partial charge in [0, 0.05) is 56.3 Å². The van der Waals surface area contributed by atoms with Gasteiger partial charge in [-0.2, -0.15) is 0 Å². The second-order valence-electron chi connectivity index (χ2n) is 2.80. The summed E-state index contributed by atoms with van der Waals surface area (Å²) in [4.78, 5) is 2.34. The first kappa shape index (κ1) is 11.4. The normalized spacial score (nSPS) is 22.6. The first-order valence-electron chi connectivity index (χ1n) is 3.99. The number of hydrogen-bond donors (Lipinski definition) is 2. The molecule has 11 heavy (non-hydrogen) atoms. The third-order valence-corrected chi connectivity index (χ3v) is 1.82. The summed E-state index contributed by atoms with van der Waals surface area (Å²) >= 11 is 0.